The number of nitrogens with zero attached hydrogens (tertiary/aromatic N) is 1. The highest BCUT2D eigenvalue weighted by Crippen LogP contribution is 2.41. The molecule has 0 fully saturated rings. The molecule has 1 aromatic carbocycles. The molecule has 1 unspecified atom stereocenters. The van der Waals surface area contributed by atoms with Crippen LogP contribution in [0.3, 0.4) is 0 Å². The lowest BCUT2D eigenvalue weighted by Gasteiger charge is -2.26. The number of halogens is 6. The van der Waals surface area contributed by atoms with Crippen molar-refractivity contribution in [2.24, 2.45) is 0 Å². The van der Waals surface area contributed by atoms with Crippen LogP contribution < -0.4 is 10.2 Å². The molecule has 0 spiro atoms. The summed E-state index contributed by atoms with van der Waals surface area (Å²) < 4.78 is 76.5. The number of rotatable bonds is 1. The maximum Gasteiger partial charge on any atom is 0.418 e. The van der Waals surface area contributed by atoms with Crippen LogP contribution >= 0.6 is 0 Å². The molecule has 1 N–H and O–H groups in total. The van der Waals surface area contributed by atoms with E-state index in [0.717, 1.165) is 6.07 Å². The second kappa shape index (κ2) is 4.60. The Hall–Kier alpha value is -1.86. The fourth-order valence-corrected chi connectivity index (χ4v) is 1.93. The minimum Gasteiger partial charge on any atom is -0.370 e. The average Bonchev–Trinajstić information content (AvgIpc) is 2.72. The lowest BCUT2D eigenvalue weighted by atomic mass is 10.1. The van der Waals surface area contributed by atoms with Crippen molar-refractivity contribution in [1.29, 1.82) is 0 Å². The van der Waals surface area contributed by atoms with Gasteiger partial charge < -0.3 is 10.2 Å². The van der Waals surface area contributed by atoms with E-state index in [2.05, 4.69) is 5.32 Å². The molecular weight excluding hydrogens is 286 g/mol. The molecule has 1 aliphatic heterocycles. The van der Waals surface area contributed by atoms with Crippen LogP contribution in [0.1, 0.15) is 18.1 Å². The van der Waals surface area contributed by atoms with Gasteiger partial charge in [0.2, 0.25) is 0 Å². The van der Waals surface area contributed by atoms with E-state index in [1.165, 1.54) is 17.3 Å². The van der Waals surface area contributed by atoms with Crippen molar-refractivity contribution in [1.82, 2.24) is 5.32 Å². The van der Waals surface area contributed by atoms with Crippen LogP contribution in [0.2, 0.25) is 0 Å². The SMILES string of the molecule is CC1NC=CN1c1ccc(C(F)(F)F)cc1C(F)(F)F. The van der Waals surface area contributed by atoms with Crippen molar-refractivity contribution in [2.75, 3.05) is 4.90 Å². The highest BCUT2D eigenvalue weighted by Gasteiger charge is 2.39. The zero-order chi connectivity index (χ0) is 15.1. The van der Waals surface area contributed by atoms with E-state index in [4.69, 9.17) is 0 Å². The molecule has 0 radical (unpaired) electrons. The van der Waals surface area contributed by atoms with E-state index >= 15 is 0 Å². The minimum absolute atomic E-state index is 0.133. The van der Waals surface area contributed by atoms with Crippen LogP contribution in [0.4, 0.5) is 32.0 Å². The predicted octanol–water partition coefficient (Wildman–Crippen LogP) is 3.95. The first-order valence-electron chi connectivity index (χ1n) is 5.60. The van der Waals surface area contributed by atoms with Crippen molar-refractivity contribution in [3.05, 3.63) is 41.7 Å². The second-order valence-electron chi connectivity index (χ2n) is 4.29. The van der Waals surface area contributed by atoms with Gasteiger partial charge in [0.05, 0.1) is 23.0 Å². The third-order valence-electron chi connectivity index (χ3n) is 2.90. The lowest BCUT2D eigenvalue weighted by Crippen LogP contribution is -2.33. The largest absolute Gasteiger partial charge is 0.418 e. The van der Waals surface area contributed by atoms with Gasteiger partial charge in [-0.3, -0.25) is 0 Å². The van der Waals surface area contributed by atoms with Gasteiger partial charge in [-0.25, -0.2) is 0 Å². The Morgan fingerprint density at radius 1 is 1.05 bits per heavy atom. The summed E-state index contributed by atoms with van der Waals surface area (Å²) in [5, 5.41) is 2.75. The van der Waals surface area contributed by atoms with Crippen LogP contribution in [-0.4, -0.2) is 6.17 Å². The zero-order valence-corrected chi connectivity index (χ0v) is 10.2. The number of anilines is 1. The Morgan fingerprint density at radius 2 is 1.70 bits per heavy atom. The second-order valence-corrected chi connectivity index (χ2v) is 4.29. The molecule has 1 heterocycles. The Kier molecular flexibility index (Phi) is 3.35. The Bertz CT molecular complexity index is 532. The van der Waals surface area contributed by atoms with Crippen molar-refractivity contribution >= 4 is 5.69 Å². The van der Waals surface area contributed by atoms with Crippen molar-refractivity contribution in [2.45, 2.75) is 25.4 Å². The molecule has 0 saturated heterocycles. The molecule has 1 aliphatic rings. The summed E-state index contributed by atoms with van der Waals surface area (Å²) in [5.74, 6) is 0. The molecule has 0 aromatic heterocycles. The van der Waals surface area contributed by atoms with E-state index in [0.29, 0.717) is 6.07 Å². The van der Waals surface area contributed by atoms with E-state index in [1.807, 2.05) is 0 Å². The van der Waals surface area contributed by atoms with Crippen molar-refractivity contribution < 1.29 is 26.3 Å². The fraction of sp³-hybridized carbons (Fsp3) is 0.333. The summed E-state index contributed by atoms with van der Waals surface area (Å²) in [7, 11) is 0. The Morgan fingerprint density at radius 3 is 2.15 bits per heavy atom. The number of alkyl halides is 6. The van der Waals surface area contributed by atoms with Crippen LogP contribution in [0.5, 0.6) is 0 Å². The highest BCUT2D eigenvalue weighted by atomic mass is 19.4. The highest BCUT2D eigenvalue weighted by molar-refractivity contribution is 5.60. The summed E-state index contributed by atoms with van der Waals surface area (Å²) in [4.78, 5) is 1.23. The summed E-state index contributed by atoms with van der Waals surface area (Å²) in [6.45, 7) is 1.60. The van der Waals surface area contributed by atoms with Gasteiger partial charge in [0.25, 0.3) is 0 Å². The number of nitrogens with one attached hydrogen (secondary N) is 1. The fourth-order valence-electron chi connectivity index (χ4n) is 1.93. The first-order valence-corrected chi connectivity index (χ1v) is 5.60. The molecule has 1 atom stereocenters. The number of benzene rings is 1. The maximum atomic E-state index is 13.0. The van der Waals surface area contributed by atoms with Gasteiger partial charge in [-0.2, -0.15) is 26.3 Å². The minimum atomic E-state index is -4.87. The standard InChI is InChI=1S/C12H10F6N2/c1-7-19-4-5-20(7)10-3-2-8(11(13,14)15)6-9(10)12(16,17)18/h2-7,19H,1H3. The predicted molar refractivity (Wildman–Crippen MR) is 60.7 cm³/mol. The van der Waals surface area contributed by atoms with Gasteiger partial charge in [-0.1, -0.05) is 0 Å². The normalized spacial score (nSPS) is 19.4. The molecule has 8 heteroatoms. The van der Waals surface area contributed by atoms with Crippen molar-refractivity contribution in [3.8, 4) is 0 Å². The third-order valence-corrected chi connectivity index (χ3v) is 2.90. The van der Waals surface area contributed by atoms with Crippen LogP contribution in [0.15, 0.2) is 30.6 Å². The summed E-state index contributed by atoms with van der Waals surface area (Å²) in [6.07, 6.45) is -7.37. The topological polar surface area (TPSA) is 15.3 Å². The van der Waals surface area contributed by atoms with Crippen LogP contribution in [0, 0.1) is 0 Å². The molecule has 20 heavy (non-hydrogen) atoms. The first kappa shape index (κ1) is 14.5. The molecule has 2 rings (SSSR count). The Balaban J connectivity index is 2.55. The van der Waals surface area contributed by atoms with Gasteiger partial charge in [-0.15, -0.1) is 0 Å². The molecule has 0 amide bonds. The zero-order valence-electron chi connectivity index (χ0n) is 10.2. The molecule has 0 saturated carbocycles. The quantitative estimate of drug-likeness (QED) is 0.789. The van der Waals surface area contributed by atoms with Gasteiger partial charge >= 0.3 is 12.4 Å². The van der Waals surface area contributed by atoms with Gasteiger partial charge in [-0.05, 0) is 25.1 Å². The molecule has 2 nitrogen and oxygen atoms in total. The summed E-state index contributed by atoms with van der Waals surface area (Å²) >= 11 is 0. The van der Waals surface area contributed by atoms with E-state index in [-0.39, 0.29) is 11.8 Å². The van der Waals surface area contributed by atoms with E-state index in [1.54, 1.807) is 6.92 Å². The van der Waals surface area contributed by atoms with E-state index in [9.17, 15) is 26.3 Å². The van der Waals surface area contributed by atoms with Gasteiger partial charge in [0.1, 0.15) is 0 Å². The van der Waals surface area contributed by atoms with Gasteiger partial charge in [0, 0.05) is 12.4 Å². The van der Waals surface area contributed by atoms with Gasteiger partial charge in [0.15, 0.2) is 0 Å². The summed E-state index contributed by atoms with van der Waals surface area (Å²) in [6, 6.07) is 1.61. The summed E-state index contributed by atoms with van der Waals surface area (Å²) in [5.41, 5.74) is -2.95. The Labute approximate surface area is 110 Å². The average molecular weight is 296 g/mol. The molecule has 0 aliphatic carbocycles. The van der Waals surface area contributed by atoms with Crippen molar-refractivity contribution in [3.63, 3.8) is 0 Å². The van der Waals surface area contributed by atoms with Crippen LogP contribution in [0.25, 0.3) is 0 Å². The molecule has 110 valence electrons. The molecule has 0 bridgehead atoms. The maximum absolute atomic E-state index is 13.0. The van der Waals surface area contributed by atoms with E-state index < -0.39 is 29.6 Å². The molecule has 1 aromatic rings. The number of hydrogen-bond donors (Lipinski definition) is 1. The lowest BCUT2D eigenvalue weighted by molar-refractivity contribution is -0.142. The molecular formula is C12H10F6N2. The third kappa shape index (κ3) is 2.68. The monoisotopic (exact) mass is 296 g/mol. The first-order chi connectivity index (χ1) is 9.10. The smallest absolute Gasteiger partial charge is 0.370 e. The number of hydrogen-bond acceptors (Lipinski definition) is 2. The van der Waals surface area contributed by atoms with Crippen LogP contribution in [-0.2, 0) is 12.4 Å².